The number of hydrogen-bond donors (Lipinski definition) is 1. The van der Waals surface area contributed by atoms with E-state index in [1.807, 2.05) is 13.2 Å². The van der Waals surface area contributed by atoms with E-state index in [1.54, 1.807) is 0 Å². The summed E-state index contributed by atoms with van der Waals surface area (Å²) in [6.07, 6.45) is 3.20. The van der Waals surface area contributed by atoms with Crippen molar-refractivity contribution >= 4 is 0 Å². The average molecular weight is 235 g/mol. The van der Waals surface area contributed by atoms with Gasteiger partial charge in [0.1, 0.15) is 0 Å². The molecule has 17 heavy (non-hydrogen) atoms. The zero-order valence-electron chi connectivity index (χ0n) is 11.5. The summed E-state index contributed by atoms with van der Waals surface area (Å²) in [5, 5.41) is 3.13. The van der Waals surface area contributed by atoms with Gasteiger partial charge in [0.15, 0.2) is 0 Å². The third kappa shape index (κ3) is 5.29. The van der Waals surface area contributed by atoms with Gasteiger partial charge in [0.05, 0.1) is 5.69 Å². The van der Waals surface area contributed by atoms with Crippen LogP contribution in [0.5, 0.6) is 0 Å². The zero-order valence-corrected chi connectivity index (χ0v) is 11.5. The number of hydrogen-bond acceptors (Lipinski definition) is 3. The van der Waals surface area contributed by atoms with Crippen molar-refractivity contribution < 1.29 is 0 Å². The monoisotopic (exact) mass is 235 g/mol. The van der Waals surface area contributed by atoms with Crippen LogP contribution in [0, 0.1) is 5.92 Å². The SMILES string of the molecule is CCC(C)CN(C)Cc1ccc(CNC)cn1. The van der Waals surface area contributed by atoms with Gasteiger partial charge in [0, 0.05) is 25.8 Å². The van der Waals surface area contributed by atoms with Gasteiger partial charge in [-0.2, -0.15) is 0 Å². The largest absolute Gasteiger partial charge is 0.316 e. The molecule has 0 saturated heterocycles. The van der Waals surface area contributed by atoms with Crippen molar-refractivity contribution in [3.8, 4) is 0 Å². The van der Waals surface area contributed by atoms with E-state index in [1.165, 1.54) is 12.0 Å². The Bertz CT molecular complexity index is 308. The molecule has 0 aliphatic heterocycles. The molecule has 0 radical (unpaired) electrons. The van der Waals surface area contributed by atoms with E-state index in [0.717, 1.165) is 31.2 Å². The van der Waals surface area contributed by atoms with E-state index >= 15 is 0 Å². The van der Waals surface area contributed by atoms with E-state index in [-0.39, 0.29) is 0 Å². The molecule has 1 aromatic rings. The third-order valence-corrected chi connectivity index (χ3v) is 3.02. The molecule has 1 aromatic heterocycles. The van der Waals surface area contributed by atoms with Gasteiger partial charge in [-0.1, -0.05) is 26.3 Å². The van der Waals surface area contributed by atoms with Crippen LogP contribution in [0.1, 0.15) is 31.5 Å². The van der Waals surface area contributed by atoms with Crippen LogP contribution in [-0.2, 0) is 13.1 Å². The standard InChI is InChI=1S/C14H25N3/c1-5-12(2)10-17(4)11-14-7-6-13(8-15-3)9-16-14/h6-7,9,12,15H,5,8,10-11H2,1-4H3. The maximum Gasteiger partial charge on any atom is 0.0544 e. The molecule has 1 atom stereocenters. The zero-order chi connectivity index (χ0) is 12.7. The highest BCUT2D eigenvalue weighted by Gasteiger charge is 2.05. The maximum absolute atomic E-state index is 4.49. The number of aromatic nitrogens is 1. The van der Waals surface area contributed by atoms with E-state index in [0.29, 0.717) is 0 Å². The summed E-state index contributed by atoms with van der Waals surface area (Å²) in [5.74, 6) is 0.753. The quantitative estimate of drug-likeness (QED) is 0.786. The van der Waals surface area contributed by atoms with Gasteiger partial charge in [-0.05, 0) is 31.6 Å². The molecule has 3 nitrogen and oxygen atoms in total. The lowest BCUT2D eigenvalue weighted by Crippen LogP contribution is -2.24. The van der Waals surface area contributed by atoms with Gasteiger partial charge < -0.3 is 10.2 Å². The lowest BCUT2D eigenvalue weighted by Gasteiger charge is -2.20. The van der Waals surface area contributed by atoms with Crippen molar-refractivity contribution in [1.29, 1.82) is 0 Å². The third-order valence-electron chi connectivity index (χ3n) is 3.02. The lowest BCUT2D eigenvalue weighted by atomic mass is 10.1. The summed E-state index contributed by atoms with van der Waals surface area (Å²) < 4.78 is 0. The molecule has 1 N–H and O–H groups in total. The minimum atomic E-state index is 0.753. The molecule has 0 bridgehead atoms. The second kappa shape index (κ2) is 7.41. The number of nitrogens with one attached hydrogen (secondary N) is 1. The average Bonchev–Trinajstić information content (AvgIpc) is 2.31. The highest BCUT2D eigenvalue weighted by molar-refractivity contribution is 5.13. The first-order valence-corrected chi connectivity index (χ1v) is 6.42. The summed E-state index contributed by atoms with van der Waals surface area (Å²) in [6, 6.07) is 4.27. The Labute approximate surface area is 105 Å². The van der Waals surface area contributed by atoms with E-state index in [9.17, 15) is 0 Å². The Hall–Kier alpha value is -0.930. The number of nitrogens with zero attached hydrogens (tertiary/aromatic N) is 2. The summed E-state index contributed by atoms with van der Waals surface area (Å²) in [6.45, 7) is 7.49. The van der Waals surface area contributed by atoms with Crippen molar-refractivity contribution in [1.82, 2.24) is 15.2 Å². The Morgan fingerprint density at radius 1 is 1.41 bits per heavy atom. The van der Waals surface area contributed by atoms with Crippen molar-refractivity contribution in [2.75, 3.05) is 20.6 Å². The molecule has 96 valence electrons. The lowest BCUT2D eigenvalue weighted by molar-refractivity contribution is 0.272. The topological polar surface area (TPSA) is 28.2 Å². The summed E-state index contributed by atoms with van der Waals surface area (Å²) in [4.78, 5) is 6.83. The molecule has 0 aromatic carbocycles. The Morgan fingerprint density at radius 2 is 2.18 bits per heavy atom. The molecule has 0 aliphatic rings. The van der Waals surface area contributed by atoms with Crippen LogP contribution in [0.15, 0.2) is 18.3 Å². The van der Waals surface area contributed by atoms with Crippen LogP contribution in [0.2, 0.25) is 0 Å². The minimum absolute atomic E-state index is 0.753. The van der Waals surface area contributed by atoms with Gasteiger partial charge >= 0.3 is 0 Å². The number of rotatable bonds is 7. The first-order valence-electron chi connectivity index (χ1n) is 6.42. The van der Waals surface area contributed by atoms with Crippen LogP contribution in [-0.4, -0.2) is 30.5 Å². The highest BCUT2D eigenvalue weighted by Crippen LogP contribution is 2.07. The number of pyridine rings is 1. The second-order valence-corrected chi connectivity index (χ2v) is 4.90. The molecule has 1 heterocycles. The summed E-state index contributed by atoms with van der Waals surface area (Å²) >= 11 is 0. The molecular weight excluding hydrogens is 210 g/mol. The first-order chi connectivity index (χ1) is 8.15. The summed E-state index contributed by atoms with van der Waals surface area (Å²) in [5.41, 5.74) is 2.39. The fraction of sp³-hybridized carbons (Fsp3) is 0.643. The second-order valence-electron chi connectivity index (χ2n) is 4.90. The molecule has 0 fully saturated rings. The predicted octanol–water partition coefficient (Wildman–Crippen LogP) is 2.28. The van der Waals surface area contributed by atoms with Gasteiger partial charge in [0.2, 0.25) is 0 Å². The van der Waals surface area contributed by atoms with Gasteiger partial charge in [-0.25, -0.2) is 0 Å². The van der Waals surface area contributed by atoms with Crippen LogP contribution >= 0.6 is 0 Å². The minimum Gasteiger partial charge on any atom is -0.316 e. The van der Waals surface area contributed by atoms with E-state index in [2.05, 4.69) is 48.2 Å². The maximum atomic E-state index is 4.49. The van der Waals surface area contributed by atoms with Gasteiger partial charge in [-0.3, -0.25) is 4.98 Å². The molecule has 0 spiro atoms. The van der Waals surface area contributed by atoms with Crippen molar-refractivity contribution in [2.24, 2.45) is 5.92 Å². The molecule has 3 heteroatoms. The molecule has 0 amide bonds. The van der Waals surface area contributed by atoms with Crippen LogP contribution < -0.4 is 5.32 Å². The molecular formula is C14H25N3. The van der Waals surface area contributed by atoms with Crippen LogP contribution in [0.4, 0.5) is 0 Å². The van der Waals surface area contributed by atoms with Crippen molar-refractivity contribution in [3.05, 3.63) is 29.6 Å². The van der Waals surface area contributed by atoms with Crippen molar-refractivity contribution in [2.45, 2.75) is 33.4 Å². The Balaban J connectivity index is 2.45. The van der Waals surface area contributed by atoms with Crippen LogP contribution in [0.25, 0.3) is 0 Å². The molecule has 0 saturated carbocycles. The van der Waals surface area contributed by atoms with Gasteiger partial charge in [0.25, 0.3) is 0 Å². The van der Waals surface area contributed by atoms with E-state index in [4.69, 9.17) is 0 Å². The smallest absolute Gasteiger partial charge is 0.0544 e. The fourth-order valence-corrected chi connectivity index (χ4v) is 1.86. The summed E-state index contributed by atoms with van der Waals surface area (Å²) in [7, 11) is 4.11. The Kier molecular flexibility index (Phi) is 6.16. The fourth-order valence-electron chi connectivity index (χ4n) is 1.86. The molecule has 1 unspecified atom stereocenters. The van der Waals surface area contributed by atoms with Gasteiger partial charge in [-0.15, -0.1) is 0 Å². The first kappa shape index (κ1) is 14.1. The van der Waals surface area contributed by atoms with Crippen molar-refractivity contribution in [3.63, 3.8) is 0 Å². The van der Waals surface area contributed by atoms with E-state index < -0.39 is 0 Å². The molecule has 1 rings (SSSR count). The highest BCUT2D eigenvalue weighted by atomic mass is 15.1. The predicted molar refractivity (Wildman–Crippen MR) is 72.8 cm³/mol. The Morgan fingerprint density at radius 3 is 2.71 bits per heavy atom. The van der Waals surface area contributed by atoms with Crippen LogP contribution in [0.3, 0.4) is 0 Å². The molecule has 0 aliphatic carbocycles. The normalized spacial score (nSPS) is 13.0.